The van der Waals surface area contributed by atoms with Crippen molar-refractivity contribution in [3.63, 3.8) is 0 Å². The molecule has 3 rings (SSSR count). The number of aromatic hydroxyl groups is 1. The monoisotopic (exact) mass is 260 g/mol. The van der Waals surface area contributed by atoms with Crippen LogP contribution < -0.4 is 5.73 Å². The maximum atomic E-state index is 12.4. The molecule has 0 spiro atoms. The lowest BCUT2D eigenvalue weighted by Gasteiger charge is -2.29. The molecule has 3 unspecified atom stereocenters. The van der Waals surface area contributed by atoms with E-state index >= 15 is 0 Å². The first kappa shape index (κ1) is 12.5. The van der Waals surface area contributed by atoms with Gasteiger partial charge in [-0.1, -0.05) is 18.6 Å². The van der Waals surface area contributed by atoms with Crippen LogP contribution in [0.25, 0.3) is 0 Å². The molecule has 2 fully saturated rings. The molecule has 19 heavy (non-hydrogen) atoms. The smallest absolute Gasteiger partial charge is 0.257 e. The topological polar surface area (TPSA) is 66.6 Å². The molecule has 0 radical (unpaired) electrons. The van der Waals surface area contributed by atoms with E-state index in [0.717, 1.165) is 19.5 Å². The van der Waals surface area contributed by atoms with Gasteiger partial charge in [0.05, 0.1) is 5.56 Å². The van der Waals surface area contributed by atoms with Crippen molar-refractivity contribution in [2.24, 2.45) is 17.6 Å². The highest BCUT2D eigenvalue weighted by molar-refractivity contribution is 5.97. The minimum atomic E-state index is -0.0697. The lowest BCUT2D eigenvalue weighted by molar-refractivity contribution is 0.0780. The molecule has 4 nitrogen and oxygen atoms in total. The summed E-state index contributed by atoms with van der Waals surface area (Å²) in [5, 5.41) is 9.78. The van der Waals surface area contributed by atoms with Gasteiger partial charge in [-0.25, -0.2) is 0 Å². The third-order valence-corrected chi connectivity index (χ3v) is 4.58. The lowest BCUT2D eigenvalue weighted by Crippen LogP contribution is -2.38. The molecule has 0 bridgehead atoms. The molecule has 1 saturated heterocycles. The molecule has 1 heterocycles. The molecular weight excluding hydrogens is 240 g/mol. The van der Waals surface area contributed by atoms with Crippen LogP contribution in [0.1, 0.15) is 29.6 Å². The Bertz CT molecular complexity index is 489. The van der Waals surface area contributed by atoms with Crippen LogP contribution in [-0.2, 0) is 0 Å². The Hall–Kier alpha value is -1.55. The Labute approximate surface area is 113 Å². The summed E-state index contributed by atoms with van der Waals surface area (Å²) in [5.41, 5.74) is 6.56. The van der Waals surface area contributed by atoms with Crippen molar-refractivity contribution in [3.05, 3.63) is 29.8 Å². The summed E-state index contributed by atoms with van der Waals surface area (Å²) in [5.74, 6) is 0.966. The first-order valence-corrected chi connectivity index (χ1v) is 6.99. The van der Waals surface area contributed by atoms with Crippen molar-refractivity contribution in [2.45, 2.75) is 25.3 Å². The lowest BCUT2D eigenvalue weighted by atomic mass is 9.78. The highest BCUT2D eigenvalue weighted by atomic mass is 16.3. The maximum absolute atomic E-state index is 12.4. The standard InChI is InChI=1S/C15H20N2O2/c16-13-6-3-4-10-8-17(9-12(10)13)15(19)11-5-1-2-7-14(11)18/h1-2,5,7,10,12-13,18H,3-4,6,8-9,16H2. The van der Waals surface area contributed by atoms with Crippen molar-refractivity contribution >= 4 is 5.91 Å². The number of likely N-dealkylation sites (tertiary alicyclic amines) is 1. The minimum absolute atomic E-state index is 0.0617. The number of carbonyl (C=O) groups excluding carboxylic acids is 1. The quantitative estimate of drug-likeness (QED) is 0.806. The van der Waals surface area contributed by atoms with Crippen LogP contribution in [0.5, 0.6) is 5.75 Å². The molecular formula is C15H20N2O2. The Morgan fingerprint density at radius 2 is 2.05 bits per heavy atom. The molecule has 102 valence electrons. The fourth-order valence-corrected chi connectivity index (χ4v) is 3.51. The highest BCUT2D eigenvalue weighted by Gasteiger charge is 2.40. The molecule has 4 heteroatoms. The number of phenolic OH excluding ortho intramolecular Hbond substituents is 1. The molecule has 3 N–H and O–H groups in total. The van der Waals surface area contributed by atoms with E-state index in [1.165, 1.54) is 12.8 Å². The third-order valence-electron chi connectivity index (χ3n) is 4.58. The molecule has 2 aliphatic rings. The highest BCUT2D eigenvalue weighted by Crippen LogP contribution is 2.36. The average molecular weight is 260 g/mol. The molecule has 3 atom stereocenters. The van der Waals surface area contributed by atoms with E-state index in [0.29, 0.717) is 17.4 Å². The average Bonchev–Trinajstić information content (AvgIpc) is 2.84. The predicted octanol–water partition coefficient (Wildman–Crippen LogP) is 1.59. The number of fused-ring (bicyclic) bond motifs is 1. The van der Waals surface area contributed by atoms with Gasteiger partial charge in [-0.3, -0.25) is 4.79 Å². The number of hydrogen-bond donors (Lipinski definition) is 2. The summed E-state index contributed by atoms with van der Waals surface area (Å²) in [6.07, 6.45) is 3.41. The van der Waals surface area contributed by atoms with Crippen molar-refractivity contribution in [1.82, 2.24) is 4.90 Å². The molecule has 1 aliphatic carbocycles. The fraction of sp³-hybridized carbons (Fsp3) is 0.533. The van der Waals surface area contributed by atoms with Gasteiger partial charge in [-0.05, 0) is 36.8 Å². The van der Waals surface area contributed by atoms with E-state index in [-0.39, 0.29) is 17.7 Å². The minimum Gasteiger partial charge on any atom is -0.507 e. The van der Waals surface area contributed by atoms with Crippen LogP contribution in [-0.4, -0.2) is 35.0 Å². The summed E-state index contributed by atoms with van der Waals surface area (Å²) >= 11 is 0. The number of amides is 1. The van der Waals surface area contributed by atoms with Crippen molar-refractivity contribution < 1.29 is 9.90 Å². The fourth-order valence-electron chi connectivity index (χ4n) is 3.51. The second-order valence-corrected chi connectivity index (χ2v) is 5.75. The normalized spacial score (nSPS) is 30.2. The van der Waals surface area contributed by atoms with Gasteiger partial charge in [0.1, 0.15) is 5.75 Å². The zero-order valence-electron chi connectivity index (χ0n) is 11.0. The van der Waals surface area contributed by atoms with Crippen LogP contribution in [0.3, 0.4) is 0 Å². The molecule has 1 amide bonds. The molecule has 1 aliphatic heterocycles. The van der Waals surface area contributed by atoms with Gasteiger partial charge in [0, 0.05) is 19.1 Å². The van der Waals surface area contributed by atoms with E-state index in [4.69, 9.17) is 5.73 Å². The largest absolute Gasteiger partial charge is 0.507 e. The summed E-state index contributed by atoms with van der Waals surface area (Å²) < 4.78 is 0. The van der Waals surface area contributed by atoms with E-state index in [1.54, 1.807) is 24.3 Å². The van der Waals surface area contributed by atoms with Gasteiger partial charge in [0.25, 0.3) is 5.91 Å². The Morgan fingerprint density at radius 1 is 1.26 bits per heavy atom. The maximum Gasteiger partial charge on any atom is 0.257 e. The van der Waals surface area contributed by atoms with Gasteiger partial charge in [-0.2, -0.15) is 0 Å². The number of hydrogen-bond acceptors (Lipinski definition) is 3. The summed E-state index contributed by atoms with van der Waals surface area (Å²) in [4.78, 5) is 14.3. The van der Waals surface area contributed by atoms with E-state index in [9.17, 15) is 9.90 Å². The van der Waals surface area contributed by atoms with Crippen LogP contribution >= 0.6 is 0 Å². The van der Waals surface area contributed by atoms with E-state index in [1.807, 2.05) is 4.90 Å². The van der Waals surface area contributed by atoms with Crippen LogP contribution in [0.15, 0.2) is 24.3 Å². The van der Waals surface area contributed by atoms with Gasteiger partial charge < -0.3 is 15.7 Å². The number of rotatable bonds is 1. The van der Waals surface area contributed by atoms with Gasteiger partial charge in [0.2, 0.25) is 0 Å². The number of carbonyl (C=O) groups is 1. The van der Waals surface area contributed by atoms with Gasteiger partial charge in [-0.15, -0.1) is 0 Å². The van der Waals surface area contributed by atoms with E-state index < -0.39 is 0 Å². The number of benzene rings is 1. The molecule has 1 aromatic rings. The van der Waals surface area contributed by atoms with Crippen molar-refractivity contribution in [2.75, 3.05) is 13.1 Å². The third kappa shape index (κ3) is 2.21. The molecule has 1 aromatic carbocycles. The van der Waals surface area contributed by atoms with Gasteiger partial charge in [0.15, 0.2) is 0 Å². The Kier molecular flexibility index (Phi) is 3.19. The van der Waals surface area contributed by atoms with Crippen LogP contribution in [0, 0.1) is 11.8 Å². The van der Waals surface area contributed by atoms with Crippen molar-refractivity contribution in [1.29, 1.82) is 0 Å². The molecule has 0 aromatic heterocycles. The summed E-state index contributed by atoms with van der Waals surface area (Å²) in [7, 11) is 0. The summed E-state index contributed by atoms with van der Waals surface area (Å²) in [6, 6.07) is 6.97. The zero-order valence-corrected chi connectivity index (χ0v) is 11.0. The van der Waals surface area contributed by atoms with Gasteiger partial charge >= 0.3 is 0 Å². The first-order chi connectivity index (χ1) is 9.16. The second-order valence-electron chi connectivity index (χ2n) is 5.75. The van der Waals surface area contributed by atoms with Crippen molar-refractivity contribution in [3.8, 4) is 5.75 Å². The number of phenols is 1. The first-order valence-electron chi connectivity index (χ1n) is 6.99. The zero-order chi connectivity index (χ0) is 13.4. The molecule has 1 saturated carbocycles. The predicted molar refractivity (Wildman–Crippen MR) is 72.8 cm³/mol. The van der Waals surface area contributed by atoms with E-state index in [2.05, 4.69) is 0 Å². The van der Waals surface area contributed by atoms with Crippen LogP contribution in [0.4, 0.5) is 0 Å². The number of nitrogens with zero attached hydrogens (tertiary/aromatic N) is 1. The summed E-state index contributed by atoms with van der Waals surface area (Å²) in [6.45, 7) is 1.52. The Balaban J connectivity index is 1.78. The Morgan fingerprint density at radius 3 is 2.79 bits per heavy atom. The van der Waals surface area contributed by atoms with Crippen LogP contribution in [0.2, 0.25) is 0 Å². The number of para-hydroxylation sites is 1. The second kappa shape index (κ2) is 4.85. The SMILES string of the molecule is NC1CCCC2CN(C(=O)c3ccccc3O)CC12. The number of nitrogens with two attached hydrogens (primary N) is 1.